The number of carboxylic acids is 1. The highest BCUT2D eigenvalue weighted by Crippen LogP contribution is 1.95. The molecule has 46 valence electrons. The smallest absolute Gasteiger partial charge is 0.333 e. The number of hydrogen-bond acceptors (Lipinski definition) is 2. The maximum absolute atomic E-state index is 9.88. The van der Waals surface area contributed by atoms with Crippen molar-refractivity contribution >= 4 is 5.97 Å². The van der Waals surface area contributed by atoms with Gasteiger partial charge < -0.3 is 10.2 Å². The lowest BCUT2D eigenvalue weighted by Gasteiger charge is -1.99. The van der Waals surface area contributed by atoms with E-state index >= 15 is 0 Å². The Balaban J connectivity index is 3.84. The van der Waals surface area contributed by atoms with Crippen molar-refractivity contribution in [2.45, 2.75) is 13.0 Å². The van der Waals surface area contributed by atoms with Crippen LogP contribution in [-0.2, 0) is 4.79 Å². The quantitative estimate of drug-likeness (QED) is 0.499. The topological polar surface area (TPSA) is 57.5 Å². The lowest BCUT2D eigenvalue weighted by molar-refractivity contribution is -0.133. The molecule has 3 nitrogen and oxygen atoms in total. The monoisotopic (exact) mass is 116 g/mol. The lowest BCUT2D eigenvalue weighted by Crippen LogP contribution is -2.11. The van der Waals surface area contributed by atoms with Crippen molar-refractivity contribution in [2.75, 3.05) is 0 Å². The standard InChI is InChI=1S/C5H8O3/c1-3(4(2)6)5(7)8/h4,6H,1H2,2H3,(H,7,8)/t4-/m0/s1. The summed E-state index contributed by atoms with van der Waals surface area (Å²) in [5.74, 6) is -1.15. The van der Waals surface area contributed by atoms with Crippen molar-refractivity contribution in [2.24, 2.45) is 0 Å². The van der Waals surface area contributed by atoms with Crippen LogP contribution in [-0.4, -0.2) is 22.3 Å². The van der Waals surface area contributed by atoms with E-state index in [0.717, 1.165) is 0 Å². The summed E-state index contributed by atoms with van der Waals surface area (Å²) in [5.41, 5.74) is -0.176. The van der Waals surface area contributed by atoms with E-state index in [2.05, 4.69) is 6.58 Å². The number of rotatable bonds is 2. The fraction of sp³-hybridized carbons (Fsp3) is 0.400. The van der Waals surface area contributed by atoms with Crippen molar-refractivity contribution in [1.82, 2.24) is 0 Å². The first-order valence-corrected chi connectivity index (χ1v) is 2.16. The zero-order chi connectivity index (χ0) is 6.73. The minimum atomic E-state index is -1.15. The van der Waals surface area contributed by atoms with Crippen LogP contribution < -0.4 is 0 Å². The summed E-state index contributed by atoms with van der Waals surface area (Å²) in [6.07, 6.45) is -0.951. The molecule has 0 aliphatic heterocycles. The molecule has 1 atom stereocenters. The third kappa shape index (κ3) is 1.75. The molecule has 0 aliphatic rings. The number of aliphatic hydroxyl groups is 1. The molecule has 0 rings (SSSR count). The van der Waals surface area contributed by atoms with Crippen LogP contribution in [0.2, 0.25) is 0 Å². The first kappa shape index (κ1) is 7.17. The summed E-state index contributed by atoms with van der Waals surface area (Å²) in [7, 11) is 0. The zero-order valence-corrected chi connectivity index (χ0v) is 4.59. The van der Waals surface area contributed by atoms with Gasteiger partial charge >= 0.3 is 5.97 Å². The van der Waals surface area contributed by atoms with Gasteiger partial charge in [-0.15, -0.1) is 0 Å². The highest BCUT2D eigenvalue weighted by Gasteiger charge is 2.08. The first-order valence-electron chi connectivity index (χ1n) is 2.16. The normalized spacial score (nSPS) is 12.8. The Morgan fingerprint density at radius 2 is 2.12 bits per heavy atom. The Morgan fingerprint density at radius 1 is 1.75 bits per heavy atom. The van der Waals surface area contributed by atoms with Crippen LogP contribution in [0.5, 0.6) is 0 Å². The number of aliphatic hydroxyl groups excluding tert-OH is 1. The van der Waals surface area contributed by atoms with Crippen LogP contribution in [0.25, 0.3) is 0 Å². The number of carboxylic acid groups (broad SMARTS) is 1. The Morgan fingerprint density at radius 3 is 2.12 bits per heavy atom. The van der Waals surface area contributed by atoms with Crippen molar-refractivity contribution in [3.63, 3.8) is 0 Å². The molecule has 0 amide bonds. The van der Waals surface area contributed by atoms with Gasteiger partial charge in [-0.25, -0.2) is 4.79 Å². The highest BCUT2D eigenvalue weighted by molar-refractivity contribution is 5.86. The van der Waals surface area contributed by atoms with Crippen LogP contribution in [0, 0.1) is 0 Å². The summed E-state index contributed by atoms with van der Waals surface area (Å²) in [6.45, 7) is 4.46. The van der Waals surface area contributed by atoms with Gasteiger partial charge in [0, 0.05) is 0 Å². The average molecular weight is 116 g/mol. The van der Waals surface area contributed by atoms with Crippen LogP contribution in [0.15, 0.2) is 12.2 Å². The summed E-state index contributed by atoms with van der Waals surface area (Å²) < 4.78 is 0. The summed E-state index contributed by atoms with van der Waals surface area (Å²) in [6, 6.07) is 0. The molecular formula is C5H8O3. The van der Waals surface area contributed by atoms with Crippen molar-refractivity contribution < 1.29 is 15.0 Å². The van der Waals surface area contributed by atoms with E-state index in [4.69, 9.17) is 10.2 Å². The summed E-state index contributed by atoms with van der Waals surface area (Å²) >= 11 is 0. The Bertz CT molecular complexity index is 115. The molecule has 0 heterocycles. The van der Waals surface area contributed by atoms with Gasteiger partial charge in [0.15, 0.2) is 0 Å². The second-order valence-electron chi connectivity index (χ2n) is 1.51. The van der Waals surface area contributed by atoms with Gasteiger partial charge in [0.25, 0.3) is 0 Å². The molecule has 0 unspecified atom stereocenters. The number of aliphatic carboxylic acids is 1. The van der Waals surface area contributed by atoms with Gasteiger partial charge in [-0.05, 0) is 6.92 Å². The molecule has 0 aromatic heterocycles. The molecule has 0 fully saturated rings. The van der Waals surface area contributed by atoms with Crippen molar-refractivity contribution in [3.8, 4) is 0 Å². The van der Waals surface area contributed by atoms with E-state index in [0.29, 0.717) is 0 Å². The Kier molecular flexibility index (Phi) is 2.21. The van der Waals surface area contributed by atoms with Gasteiger partial charge in [-0.3, -0.25) is 0 Å². The molecule has 0 bridgehead atoms. The van der Waals surface area contributed by atoms with Gasteiger partial charge in [-0.2, -0.15) is 0 Å². The predicted octanol–water partition coefficient (Wildman–Crippen LogP) is 0.00800. The number of hydrogen-bond donors (Lipinski definition) is 2. The largest absolute Gasteiger partial charge is 0.478 e. The van der Waals surface area contributed by atoms with Gasteiger partial charge in [0.05, 0.1) is 11.7 Å². The van der Waals surface area contributed by atoms with Crippen LogP contribution >= 0.6 is 0 Å². The van der Waals surface area contributed by atoms with Crippen molar-refractivity contribution in [1.29, 1.82) is 0 Å². The maximum Gasteiger partial charge on any atom is 0.333 e. The third-order valence-electron chi connectivity index (χ3n) is 0.779. The minimum absolute atomic E-state index is 0.176. The van der Waals surface area contributed by atoms with E-state index in [1.165, 1.54) is 6.92 Å². The SMILES string of the molecule is C=C(C(=O)O)[C@H](C)O. The van der Waals surface area contributed by atoms with Crippen LogP contribution in [0.1, 0.15) is 6.92 Å². The maximum atomic E-state index is 9.88. The van der Waals surface area contributed by atoms with Gasteiger partial charge in [0.1, 0.15) is 0 Å². The molecule has 8 heavy (non-hydrogen) atoms. The molecule has 2 N–H and O–H groups in total. The fourth-order valence-electron chi connectivity index (χ4n) is 0.179. The lowest BCUT2D eigenvalue weighted by atomic mass is 10.2. The minimum Gasteiger partial charge on any atom is -0.478 e. The van der Waals surface area contributed by atoms with Crippen molar-refractivity contribution in [3.05, 3.63) is 12.2 Å². The molecular weight excluding hydrogens is 108 g/mol. The van der Waals surface area contributed by atoms with Gasteiger partial charge in [-0.1, -0.05) is 6.58 Å². The average Bonchev–Trinajstić information content (AvgIpc) is 1.64. The fourth-order valence-corrected chi connectivity index (χ4v) is 0.179. The molecule has 0 aromatic rings. The predicted molar refractivity (Wildman–Crippen MR) is 28.5 cm³/mol. The Labute approximate surface area is 47.3 Å². The molecule has 0 radical (unpaired) electrons. The van der Waals surface area contributed by atoms with E-state index < -0.39 is 12.1 Å². The summed E-state index contributed by atoms with van der Waals surface area (Å²) in [4.78, 5) is 9.88. The van der Waals surface area contributed by atoms with E-state index in [9.17, 15) is 4.79 Å². The number of carbonyl (C=O) groups is 1. The zero-order valence-electron chi connectivity index (χ0n) is 4.59. The van der Waals surface area contributed by atoms with Gasteiger partial charge in [0.2, 0.25) is 0 Å². The van der Waals surface area contributed by atoms with E-state index in [1.54, 1.807) is 0 Å². The third-order valence-corrected chi connectivity index (χ3v) is 0.779. The van der Waals surface area contributed by atoms with Crippen LogP contribution in [0.4, 0.5) is 0 Å². The second kappa shape index (κ2) is 2.47. The molecule has 0 spiro atoms. The summed E-state index contributed by atoms with van der Waals surface area (Å²) in [5, 5.41) is 16.6. The van der Waals surface area contributed by atoms with Crippen LogP contribution in [0.3, 0.4) is 0 Å². The molecule has 0 aliphatic carbocycles. The Hall–Kier alpha value is -0.830. The molecule has 0 saturated heterocycles. The molecule has 0 saturated carbocycles. The second-order valence-corrected chi connectivity index (χ2v) is 1.51. The van der Waals surface area contributed by atoms with E-state index in [-0.39, 0.29) is 5.57 Å². The molecule has 3 heteroatoms. The van der Waals surface area contributed by atoms with E-state index in [1.807, 2.05) is 0 Å². The molecule has 0 aromatic carbocycles. The first-order chi connectivity index (χ1) is 3.55. The highest BCUT2D eigenvalue weighted by atomic mass is 16.4.